The zero-order chi connectivity index (χ0) is 17.5. The van der Waals surface area contributed by atoms with Gasteiger partial charge in [-0.2, -0.15) is 0 Å². The van der Waals surface area contributed by atoms with E-state index in [-0.39, 0.29) is 23.4 Å². The van der Waals surface area contributed by atoms with Gasteiger partial charge in [0.15, 0.2) is 8.32 Å². The highest BCUT2D eigenvalue weighted by molar-refractivity contribution is 6.74. The first-order chi connectivity index (χ1) is 10.7. The van der Waals surface area contributed by atoms with Crippen LogP contribution in [0.5, 0.6) is 0 Å². The zero-order valence-electron chi connectivity index (χ0n) is 15.9. The molecule has 3 atom stereocenters. The summed E-state index contributed by atoms with van der Waals surface area (Å²) in [4.78, 5) is 0. The van der Waals surface area contributed by atoms with Crippen molar-refractivity contribution in [1.82, 2.24) is 0 Å². The SMILES string of the molecule is C=C[C@H]1C[C@H](O[Si](C)(C)C(C)(C)C)C[C@@H](/C=C\OCCCC)O1. The van der Waals surface area contributed by atoms with Gasteiger partial charge >= 0.3 is 0 Å². The van der Waals surface area contributed by atoms with Gasteiger partial charge in [0.05, 0.1) is 31.2 Å². The van der Waals surface area contributed by atoms with Crippen molar-refractivity contribution >= 4 is 8.32 Å². The van der Waals surface area contributed by atoms with Crippen LogP contribution in [0.15, 0.2) is 25.0 Å². The largest absolute Gasteiger partial charge is 0.501 e. The van der Waals surface area contributed by atoms with E-state index in [9.17, 15) is 0 Å². The van der Waals surface area contributed by atoms with Gasteiger partial charge in [-0.3, -0.25) is 0 Å². The summed E-state index contributed by atoms with van der Waals surface area (Å²) >= 11 is 0. The standard InChI is InChI=1S/C19H36O3Si/c1-8-10-12-20-13-11-17-15-18(14-16(9-2)21-17)22-23(6,7)19(3,4)5/h9,11,13,16-18H,2,8,10,12,14-15H2,1,3-7H3/b13-11-/t16-,17+,18-/m0/s1. The molecule has 23 heavy (non-hydrogen) atoms. The Balaban J connectivity index is 2.62. The summed E-state index contributed by atoms with van der Waals surface area (Å²) < 4.78 is 18.1. The quantitative estimate of drug-likeness (QED) is 0.255. The molecule has 0 amide bonds. The number of ether oxygens (including phenoxy) is 2. The normalized spacial score (nSPS) is 26.4. The molecular formula is C19H36O3Si. The number of rotatable bonds is 8. The van der Waals surface area contributed by atoms with Crippen LogP contribution in [0.25, 0.3) is 0 Å². The molecule has 0 aromatic carbocycles. The van der Waals surface area contributed by atoms with Gasteiger partial charge < -0.3 is 13.9 Å². The molecule has 1 heterocycles. The highest BCUT2D eigenvalue weighted by Gasteiger charge is 2.41. The molecule has 1 rings (SSSR count). The summed E-state index contributed by atoms with van der Waals surface area (Å²) in [5, 5.41) is 0.226. The summed E-state index contributed by atoms with van der Waals surface area (Å²) in [7, 11) is -1.76. The predicted molar refractivity (Wildman–Crippen MR) is 100 cm³/mol. The molecule has 0 radical (unpaired) electrons. The fourth-order valence-electron chi connectivity index (χ4n) is 2.35. The van der Waals surface area contributed by atoms with E-state index in [1.54, 1.807) is 6.26 Å². The van der Waals surface area contributed by atoms with E-state index in [1.807, 2.05) is 12.2 Å². The lowest BCUT2D eigenvalue weighted by Crippen LogP contribution is -2.47. The molecule has 0 unspecified atom stereocenters. The minimum absolute atomic E-state index is 0.0446. The van der Waals surface area contributed by atoms with E-state index in [0.717, 1.165) is 32.3 Å². The summed E-state index contributed by atoms with van der Waals surface area (Å²) in [6, 6.07) is 0. The Morgan fingerprint density at radius 2 is 1.87 bits per heavy atom. The summed E-state index contributed by atoms with van der Waals surface area (Å²) in [6.07, 6.45) is 10.1. The monoisotopic (exact) mass is 340 g/mol. The molecule has 0 aromatic rings. The lowest BCUT2D eigenvalue weighted by atomic mass is 10.0. The Kier molecular flexibility index (Phi) is 8.05. The average Bonchev–Trinajstić information content (AvgIpc) is 2.45. The third kappa shape index (κ3) is 6.82. The molecule has 1 saturated heterocycles. The Hall–Kier alpha value is -0.583. The molecule has 3 nitrogen and oxygen atoms in total. The summed E-state index contributed by atoms with van der Waals surface area (Å²) in [6.45, 7) is 18.3. The second-order valence-corrected chi connectivity index (χ2v) is 12.7. The molecule has 0 spiro atoms. The average molecular weight is 341 g/mol. The van der Waals surface area contributed by atoms with Crippen molar-refractivity contribution in [1.29, 1.82) is 0 Å². The van der Waals surface area contributed by atoms with Crippen molar-refractivity contribution in [3.05, 3.63) is 25.0 Å². The maximum atomic E-state index is 6.59. The highest BCUT2D eigenvalue weighted by atomic mass is 28.4. The molecule has 0 saturated carbocycles. The van der Waals surface area contributed by atoms with Crippen LogP contribution in [-0.4, -0.2) is 33.2 Å². The highest BCUT2D eigenvalue weighted by Crippen LogP contribution is 2.39. The second-order valence-electron chi connectivity index (χ2n) is 7.97. The maximum Gasteiger partial charge on any atom is 0.192 e. The minimum Gasteiger partial charge on any atom is -0.501 e. The summed E-state index contributed by atoms with van der Waals surface area (Å²) in [5.41, 5.74) is 0. The first-order valence-corrected chi connectivity index (χ1v) is 11.8. The van der Waals surface area contributed by atoms with Gasteiger partial charge in [0.2, 0.25) is 0 Å². The molecular weight excluding hydrogens is 304 g/mol. The van der Waals surface area contributed by atoms with Gasteiger partial charge in [-0.1, -0.05) is 40.2 Å². The Bertz CT molecular complexity index is 385. The molecule has 4 heteroatoms. The van der Waals surface area contributed by atoms with E-state index in [2.05, 4.69) is 47.4 Å². The van der Waals surface area contributed by atoms with Gasteiger partial charge in [0.25, 0.3) is 0 Å². The van der Waals surface area contributed by atoms with Crippen LogP contribution in [0.1, 0.15) is 53.4 Å². The van der Waals surface area contributed by atoms with Gasteiger partial charge in [-0.25, -0.2) is 0 Å². The molecule has 0 aromatic heterocycles. The molecule has 0 N–H and O–H groups in total. The zero-order valence-corrected chi connectivity index (χ0v) is 16.9. The van der Waals surface area contributed by atoms with Crippen molar-refractivity contribution < 1.29 is 13.9 Å². The minimum atomic E-state index is -1.76. The van der Waals surface area contributed by atoms with Crippen molar-refractivity contribution in [2.24, 2.45) is 0 Å². The van der Waals surface area contributed by atoms with Crippen molar-refractivity contribution in [3.8, 4) is 0 Å². The summed E-state index contributed by atoms with van der Waals surface area (Å²) in [5.74, 6) is 0. The first kappa shape index (κ1) is 20.5. The lowest BCUT2D eigenvalue weighted by Gasteiger charge is -2.42. The van der Waals surface area contributed by atoms with Crippen molar-refractivity contribution in [2.75, 3.05) is 6.61 Å². The van der Waals surface area contributed by atoms with E-state index in [1.165, 1.54) is 0 Å². The van der Waals surface area contributed by atoms with Crippen LogP contribution in [-0.2, 0) is 13.9 Å². The van der Waals surface area contributed by atoms with Crippen molar-refractivity contribution in [3.63, 3.8) is 0 Å². The van der Waals surface area contributed by atoms with Crippen LogP contribution in [0, 0.1) is 0 Å². The van der Waals surface area contributed by atoms with Crippen LogP contribution in [0.2, 0.25) is 18.1 Å². The number of hydrogen-bond acceptors (Lipinski definition) is 3. The third-order valence-corrected chi connectivity index (χ3v) is 9.41. The predicted octanol–water partition coefficient (Wildman–Crippen LogP) is 5.44. The number of unbranched alkanes of at least 4 members (excludes halogenated alkanes) is 1. The van der Waals surface area contributed by atoms with Gasteiger partial charge in [-0.15, -0.1) is 6.58 Å². The van der Waals surface area contributed by atoms with Crippen LogP contribution in [0.4, 0.5) is 0 Å². The van der Waals surface area contributed by atoms with E-state index < -0.39 is 8.32 Å². The third-order valence-electron chi connectivity index (χ3n) is 4.88. The molecule has 0 aliphatic carbocycles. The molecule has 1 fully saturated rings. The molecule has 1 aliphatic heterocycles. The molecule has 134 valence electrons. The van der Waals surface area contributed by atoms with Crippen molar-refractivity contribution in [2.45, 2.75) is 89.8 Å². The smallest absolute Gasteiger partial charge is 0.192 e. The lowest BCUT2D eigenvalue weighted by molar-refractivity contribution is -0.0513. The van der Waals surface area contributed by atoms with Crippen LogP contribution in [0.3, 0.4) is 0 Å². The van der Waals surface area contributed by atoms with E-state index in [4.69, 9.17) is 13.9 Å². The second kappa shape index (κ2) is 9.05. The van der Waals surface area contributed by atoms with E-state index >= 15 is 0 Å². The Morgan fingerprint density at radius 3 is 2.43 bits per heavy atom. The van der Waals surface area contributed by atoms with Gasteiger partial charge in [-0.05, 0) is 30.6 Å². The molecule has 0 bridgehead atoms. The maximum absolute atomic E-state index is 6.59. The van der Waals surface area contributed by atoms with Crippen LogP contribution >= 0.6 is 0 Å². The van der Waals surface area contributed by atoms with Crippen LogP contribution < -0.4 is 0 Å². The van der Waals surface area contributed by atoms with Gasteiger partial charge in [0, 0.05) is 12.8 Å². The van der Waals surface area contributed by atoms with Gasteiger partial charge in [0.1, 0.15) is 0 Å². The Labute approximate surface area is 144 Å². The Morgan fingerprint density at radius 1 is 1.22 bits per heavy atom. The fourth-order valence-corrected chi connectivity index (χ4v) is 3.73. The topological polar surface area (TPSA) is 27.7 Å². The fraction of sp³-hybridized carbons (Fsp3) is 0.789. The first-order valence-electron chi connectivity index (χ1n) is 8.93. The number of hydrogen-bond donors (Lipinski definition) is 0. The molecule has 1 aliphatic rings. The van der Waals surface area contributed by atoms with E-state index in [0.29, 0.717) is 0 Å².